The third kappa shape index (κ3) is 4.09. The number of imide groups is 1. The average Bonchev–Trinajstić information content (AvgIpc) is 2.49. The van der Waals surface area contributed by atoms with Gasteiger partial charge < -0.3 is 9.16 Å². The van der Waals surface area contributed by atoms with E-state index in [0.717, 1.165) is 4.90 Å². The quantitative estimate of drug-likeness (QED) is 0.552. The standard InChI is InChI=1S/C20H32N2O4Si/c1-18(2,3)25-17(24)22-15(14-12-10-11-13-21-14)20(7,16(22)23)26-27(8,9)19(4,5)6/h10-13,15H,1-9H3/t15-,20+/m0/s1. The maximum atomic E-state index is 13.1. The molecule has 1 saturated heterocycles. The Balaban J connectivity index is 2.43. The van der Waals surface area contributed by atoms with E-state index in [4.69, 9.17) is 9.16 Å². The van der Waals surface area contributed by atoms with E-state index in [1.54, 1.807) is 40.0 Å². The zero-order valence-electron chi connectivity index (χ0n) is 17.9. The number of rotatable bonds is 3. The van der Waals surface area contributed by atoms with Gasteiger partial charge in [-0.25, -0.2) is 9.69 Å². The Bertz CT molecular complexity index is 722. The van der Waals surface area contributed by atoms with Crippen LogP contribution in [0.25, 0.3) is 0 Å². The molecule has 6 nitrogen and oxygen atoms in total. The topological polar surface area (TPSA) is 68.7 Å². The lowest BCUT2D eigenvalue weighted by atomic mass is 9.82. The van der Waals surface area contributed by atoms with Gasteiger partial charge >= 0.3 is 6.09 Å². The van der Waals surface area contributed by atoms with Gasteiger partial charge in [-0.3, -0.25) is 9.78 Å². The van der Waals surface area contributed by atoms with Crippen LogP contribution in [0, 0.1) is 0 Å². The Hall–Kier alpha value is -1.73. The van der Waals surface area contributed by atoms with Crippen LogP contribution in [-0.2, 0) is 14.0 Å². The van der Waals surface area contributed by atoms with Gasteiger partial charge in [-0.15, -0.1) is 0 Å². The molecule has 2 rings (SSSR count). The normalized spacial score (nSPS) is 23.8. The van der Waals surface area contributed by atoms with E-state index in [1.807, 2.05) is 12.1 Å². The SMILES string of the molecule is CC(C)(C)OC(=O)N1C(=O)[C@](C)(O[Si](C)(C)C(C)(C)C)[C@@H]1c1ccccn1. The molecule has 0 bridgehead atoms. The zero-order chi connectivity index (χ0) is 20.8. The van der Waals surface area contributed by atoms with Crippen molar-refractivity contribution in [3.63, 3.8) is 0 Å². The second-order valence-electron chi connectivity index (χ2n) is 9.78. The second-order valence-corrected chi connectivity index (χ2v) is 14.5. The molecule has 0 radical (unpaired) electrons. The number of likely N-dealkylation sites (tertiary alicyclic amines) is 1. The van der Waals surface area contributed by atoms with Gasteiger partial charge in [-0.1, -0.05) is 26.8 Å². The van der Waals surface area contributed by atoms with Crippen molar-refractivity contribution in [1.29, 1.82) is 0 Å². The first kappa shape index (κ1) is 21.6. The predicted molar refractivity (Wildman–Crippen MR) is 107 cm³/mol. The summed E-state index contributed by atoms with van der Waals surface area (Å²) in [5.74, 6) is -0.378. The van der Waals surface area contributed by atoms with E-state index in [-0.39, 0.29) is 10.9 Å². The van der Waals surface area contributed by atoms with Crippen LogP contribution >= 0.6 is 0 Å². The van der Waals surface area contributed by atoms with E-state index in [0.29, 0.717) is 5.69 Å². The largest absolute Gasteiger partial charge is 0.443 e. The lowest BCUT2D eigenvalue weighted by molar-refractivity contribution is -0.182. The number of hydrogen-bond acceptors (Lipinski definition) is 5. The Morgan fingerprint density at radius 2 is 1.78 bits per heavy atom. The first-order valence-electron chi connectivity index (χ1n) is 9.28. The molecule has 0 saturated carbocycles. The number of β-lactam (4-membered cyclic amide) rings is 1. The Labute approximate surface area is 163 Å². The van der Waals surface area contributed by atoms with Crippen LogP contribution in [0.5, 0.6) is 0 Å². The minimum Gasteiger partial charge on any atom is -0.443 e. The van der Waals surface area contributed by atoms with Crippen LogP contribution in [0.4, 0.5) is 4.79 Å². The molecule has 1 aromatic rings. The van der Waals surface area contributed by atoms with Crippen molar-refractivity contribution in [2.24, 2.45) is 0 Å². The molecule has 0 aliphatic carbocycles. The molecule has 1 aliphatic heterocycles. The molecule has 0 unspecified atom stereocenters. The van der Waals surface area contributed by atoms with E-state index >= 15 is 0 Å². The van der Waals surface area contributed by atoms with Gasteiger partial charge in [0.2, 0.25) is 0 Å². The first-order valence-corrected chi connectivity index (χ1v) is 12.2. The molecule has 7 heteroatoms. The fourth-order valence-electron chi connectivity index (χ4n) is 2.89. The number of hydrogen-bond donors (Lipinski definition) is 0. The van der Waals surface area contributed by atoms with Gasteiger partial charge in [-0.2, -0.15) is 0 Å². The lowest BCUT2D eigenvalue weighted by Gasteiger charge is -2.55. The highest BCUT2D eigenvalue weighted by Gasteiger charge is 2.65. The Morgan fingerprint density at radius 1 is 1.19 bits per heavy atom. The van der Waals surface area contributed by atoms with Crippen molar-refractivity contribution >= 4 is 20.3 Å². The van der Waals surface area contributed by atoms with Crippen molar-refractivity contribution in [3.05, 3.63) is 30.1 Å². The molecule has 27 heavy (non-hydrogen) atoms. The van der Waals surface area contributed by atoms with E-state index in [1.165, 1.54) is 0 Å². The Morgan fingerprint density at radius 3 is 2.22 bits per heavy atom. The van der Waals surface area contributed by atoms with Crippen molar-refractivity contribution in [2.75, 3.05) is 0 Å². The molecule has 0 spiro atoms. The number of amides is 2. The summed E-state index contributed by atoms with van der Waals surface area (Å²) in [5, 5.41) is -0.0721. The molecule has 150 valence electrons. The molecule has 1 fully saturated rings. The predicted octanol–water partition coefficient (Wildman–Crippen LogP) is 4.68. The number of aromatic nitrogens is 1. The van der Waals surface area contributed by atoms with Crippen LogP contribution in [-0.4, -0.2) is 41.4 Å². The molecule has 0 N–H and O–H groups in total. The minimum atomic E-state index is -2.27. The summed E-state index contributed by atoms with van der Waals surface area (Å²) in [6, 6.07) is 4.83. The highest BCUT2D eigenvalue weighted by Crippen LogP contribution is 2.50. The van der Waals surface area contributed by atoms with Gasteiger partial charge in [0, 0.05) is 6.20 Å². The highest BCUT2D eigenvalue weighted by atomic mass is 28.4. The van der Waals surface area contributed by atoms with Crippen molar-refractivity contribution < 1.29 is 18.8 Å². The van der Waals surface area contributed by atoms with E-state index in [9.17, 15) is 9.59 Å². The average molecular weight is 393 g/mol. The first-order chi connectivity index (χ1) is 12.1. The maximum Gasteiger partial charge on any atom is 0.417 e. The summed E-state index contributed by atoms with van der Waals surface area (Å²) >= 11 is 0. The summed E-state index contributed by atoms with van der Waals surface area (Å²) in [6.45, 7) is 17.6. The second kappa shape index (κ2) is 6.70. The monoisotopic (exact) mass is 392 g/mol. The van der Waals surface area contributed by atoms with Crippen LogP contribution in [0.2, 0.25) is 18.1 Å². The van der Waals surface area contributed by atoms with Gasteiger partial charge in [0.1, 0.15) is 11.6 Å². The van der Waals surface area contributed by atoms with Crippen molar-refractivity contribution in [1.82, 2.24) is 9.88 Å². The maximum absolute atomic E-state index is 13.1. The molecule has 1 aromatic heterocycles. The number of ether oxygens (including phenoxy) is 1. The summed E-state index contributed by atoms with van der Waals surface area (Å²) in [5.41, 5.74) is -1.23. The molecule has 1 aliphatic rings. The zero-order valence-corrected chi connectivity index (χ0v) is 18.9. The van der Waals surface area contributed by atoms with Gasteiger partial charge in [-0.05, 0) is 58.0 Å². The molecule has 2 atom stereocenters. The van der Waals surface area contributed by atoms with Crippen LogP contribution in [0.15, 0.2) is 24.4 Å². The van der Waals surface area contributed by atoms with Gasteiger partial charge in [0.25, 0.3) is 5.91 Å². The summed E-state index contributed by atoms with van der Waals surface area (Å²) < 4.78 is 12.0. The number of pyridine rings is 1. The molecular formula is C20H32N2O4Si. The van der Waals surface area contributed by atoms with Gasteiger partial charge in [0.15, 0.2) is 13.9 Å². The number of carbonyl (C=O) groups is 2. The van der Waals surface area contributed by atoms with E-state index in [2.05, 4.69) is 38.8 Å². The van der Waals surface area contributed by atoms with Crippen LogP contribution < -0.4 is 0 Å². The number of carbonyl (C=O) groups excluding carboxylic acids is 2. The molecule has 2 heterocycles. The van der Waals surface area contributed by atoms with Gasteiger partial charge in [0.05, 0.1) is 5.69 Å². The number of nitrogens with zero attached hydrogens (tertiary/aromatic N) is 2. The Kier molecular flexibility index (Phi) is 5.35. The third-order valence-electron chi connectivity index (χ3n) is 5.25. The molecule has 2 amide bonds. The summed E-state index contributed by atoms with van der Waals surface area (Å²) in [6.07, 6.45) is 0.984. The minimum absolute atomic E-state index is 0.0721. The summed E-state index contributed by atoms with van der Waals surface area (Å²) in [7, 11) is -2.27. The smallest absolute Gasteiger partial charge is 0.417 e. The lowest BCUT2D eigenvalue weighted by Crippen LogP contribution is -2.72. The fourth-order valence-corrected chi connectivity index (χ4v) is 4.45. The summed E-state index contributed by atoms with van der Waals surface area (Å²) in [4.78, 5) is 31.3. The fraction of sp³-hybridized carbons (Fsp3) is 0.650. The van der Waals surface area contributed by atoms with Crippen molar-refractivity contribution in [3.8, 4) is 0 Å². The van der Waals surface area contributed by atoms with E-state index < -0.39 is 31.7 Å². The highest BCUT2D eigenvalue weighted by molar-refractivity contribution is 6.74. The van der Waals surface area contributed by atoms with Crippen LogP contribution in [0.1, 0.15) is 60.2 Å². The molecule has 0 aromatic carbocycles. The third-order valence-corrected chi connectivity index (χ3v) is 9.80. The van der Waals surface area contributed by atoms with Crippen LogP contribution in [0.3, 0.4) is 0 Å². The van der Waals surface area contributed by atoms with Crippen molar-refractivity contribution in [2.45, 2.75) is 83.8 Å². The molecular weight excluding hydrogens is 360 g/mol.